The van der Waals surface area contributed by atoms with Gasteiger partial charge >= 0.3 is 0 Å². The van der Waals surface area contributed by atoms with Gasteiger partial charge in [0.15, 0.2) is 5.65 Å². The highest BCUT2D eigenvalue weighted by atomic mass is 35.5. The van der Waals surface area contributed by atoms with Gasteiger partial charge in [0.1, 0.15) is 5.15 Å². The molecule has 0 spiro atoms. The molecule has 104 valence electrons. The zero-order valence-corrected chi connectivity index (χ0v) is 12.8. The first-order valence-electron chi connectivity index (χ1n) is 7.26. The first-order chi connectivity index (χ1) is 9.21. The Morgan fingerprint density at radius 1 is 1.00 bits per heavy atom. The van der Waals surface area contributed by atoms with E-state index in [1.807, 2.05) is 10.7 Å². The molecule has 0 bridgehead atoms. The van der Waals surface area contributed by atoms with E-state index in [1.165, 1.54) is 16.8 Å². The van der Waals surface area contributed by atoms with E-state index in [2.05, 4.69) is 25.8 Å². The molecule has 2 heterocycles. The van der Waals surface area contributed by atoms with Crippen molar-refractivity contribution in [3.8, 4) is 0 Å². The standard InChI is InChI=1S/C15H22ClN3/c1-4-7-11-12(8-5-2)15-17-14(16)10-19(15)18-13(11)9-6-3/h10H,4-9H2,1-3H3. The summed E-state index contributed by atoms with van der Waals surface area (Å²) in [6, 6.07) is 0. The van der Waals surface area contributed by atoms with Crippen LogP contribution in [-0.2, 0) is 19.3 Å². The van der Waals surface area contributed by atoms with Gasteiger partial charge < -0.3 is 0 Å². The third-order valence-electron chi connectivity index (χ3n) is 3.36. The summed E-state index contributed by atoms with van der Waals surface area (Å²) in [6.07, 6.45) is 8.34. The van der Waals surface area contributed by atoms with E-state index in [0.29, 0.717) is 5.15 Å². The molecule has 0 atom stereocenters. The summed E-state index contributed by atoms with van der Waals surface area (Å²) in [4.78, 5) is 4.44. The summed E-state index contributed by atoms with van der Waals surface area (Å²) in [5.41, 5.74) is 4.90. The highest BCUT2D eigenvalue weighted by Gasteiger charge is 2.15. The van der Waals surface area contributed by atoms with Crippen LogP contribution in [0.15, 0.2) is 6.20 Å². The molecule has 0 N–H and O–H groups in total. The van der Waals surface area contributed by atoms with Crippen LogP contribution in [-0.4, -0.2) is 14.6 Å². The fraction of sp³-hybridized carbons (Fsp3) is 0.600. The summed E-state index contributed by atoms with van der Waals surface area (Å²) in [7, 11) is 0. The molecular weight excluding hydrogens is 258 g/mol. The first-order valence-corrected chi connectivity index (χ1v) is 7.64. The normalized spacial score (nSPS) is 11.4. The lowest BCUT2D eigenvalue weighted by atomic mass is 9.97. The van der Waals surface area contributed by atoms with Gasteiger partial charge in [-0.05, 0) is 24.8 Å². The van der Waals surface area contributed by atoms with Gasteiger partial charge in [-0.1, -0.05) is 51.6 Å². The number of nitrogens with zero attached hydrogens (tertiary/aromatic N) is 3. The van der Waals surface area contributed by atoms with Crippen LogP contribution in [0.2, 0.25) is 5.15 Å². The van der Waals surface area contributed by atoms with E-state index in [9.17, 15) is 0 Å². The second kappa shape index (κ2) is 6.38. The Hall–Kier alpha value is -1.09. The van der Waals surface area contributed by atoms with Crippen molar-refractivity contribution in [1.29, 1.82) is 0 Å². The van der Waals surface area contributed by atoms with Gasteiger partial charge in [0.2, 0.25) is 0 Å². The summed E-state index contributed by atoms with van der Waals surface area (Å²) in [5.74, 6) is 0. The first kappa shape index (κ1) is 14.3. The number of aromatic nitrogens is 3. The van der Waals surface area contributed by atoms with Crippen molar-refractivity contribution in [2.45, 2.75) is 59.3 Å². The van der Waals surface area contributed by atoms with Crippen LogP contribution in [0.5, 0.6) is 0 Å². The third kappa shape index (κ3) is 2.92. The molecule has 0 radical (unpaired) electrons. The fourth-order valence-corrected chi connectivity index (χ4v) is 2.79. The molecule has 0 unspecified atom stereocenters. The molecule has 0 fully saturated rings. The number of halogens is 1. The second-order valence-corrected chi connectivity index (χ2v) is 5.37. The summed E-state index contributed by atoms with van der Waals surface area (Å²) in [5, 5.41) is 5.25. The Morgan fingerprint density at radius 3 is 2.26 bits per heavy atom. The molecule has 3 nitrogen and oxygen atoms in total. The largest absolute Gasteiger partial charge is 0.219 e. The molecule has 0 aromatic carbocycles. The average Bonchev–Trinajstić information content (AvgIpc) is 2.74. The average molecular weight is 280 g/mol. The van der Waals surface area contributed by atoms with Crippen molar-refractivity contribution in [2.24, 2.45) is 0 Å². The van der Waals surface area contributed by atoms with Crippen LogP contribution in [0.25, 0.3) is 5.65 Å². The van der Waals surface area contributed by atoms with Crippen molar-refractivity contribution < 1.29 is 0 Å². The fourth-order valence-electron chi connectivity index (χ4n) is 2.62. The van der Waals surface area contributed by atoms with E-state index in [-0.39, 0.29) is 0 Å². The Kier molecular flexibility index (Phi) is 4.81. The number of hydrogen-bond acceptors (Lipinski definition) is 2. The molecule has 0 saturated heterocycles. The van der Waals surface area contributed by atoms with E-state index in [1.54, 1.807) is 0 Å². The highest BCUT2D eigenvalue weighted by molar-refractivity contribution is 6.29. The minimum atomic E-state index is 0.529. The maximum absolute atomic E-state index is 6.04. The summed E-state index contributed by atoms with van der Waals surface area (Å²) >= 11 is 6.04. The molecule has 0 aliphatic heterocycles. The zero-order valence-electron chi connectivity index (χ0n) is 12.0. The van der Waals surface area contributed by atoms with Gasteiger partial charge in [-0.3, -0.25) is 0 Å². The van der Waals surface area contributed by atoms with Crippen LogP contribution in [0.1, 0.15) is 56.9 Å². The minimum absolute atomic E-state index is 0.529. The summed E-state index contributed by atoms with van der Waals surface area (Å²) in [6.45, 7) is 6.62. The third-order valence-corrected chi connectivity index (χ3v) is 3.54. The van der Waals surface area contributed by atoms with Crippen molar-refractivity contribution in [3.05, 3.63) is 28.2 Å². The molecule has 0 saturated carbocycles. The second-order valence-electron chi connectivity index (χ2n) is 4.99. The van der Waals surface area contributed by atoms with Crippen LogP contribution in [0.3, 0.4) is 0 Å². The smallest absolute Gasteiger partial charge is 0.158 e. The van der Waals surface area contributed by atoms with Crippen LogP contribution >= 0.6 is 11.6 Å². The van der Waals surface area contributed by atoms with E-state index < -0.39 is 0 Å². The number of rotatable bonds is 6. The topological polar surface area (TPSA) is 30.2 Å². The van der Waals surface area contributed by atoms with Gasteiger partial charge in [-0.2, -0.15) is 5.10 Å². The predicted octanol–water partition coefficient (Wildman–Crippen LogP) is 4.24. The Morgan fingerprint density at radius 2 is 1.63 bits per heavy atom. The lowest BCUT2D eigenvalue weighted by molar-refractivity contribution is 0.750. The van der Waals surface area contributed by atoms with Gasteiger partial charge in [-0.25, -0.2) is 9.50 Å². The van der Waals surface area contributed by atoms with Gasteiger partial charge in [0.25, 0.3) is 0 Å². The molecule has 2 aromatic rings. The Bertz CT molecular complexity index is 560. The quantitative estimate of drug-likeness (QED) is 0.792. The van der Waals surface area contributed by atoms with E-state index in [0.717, 1.165) is 44.2 Å². The summed E-state index contributed by atoms with van der Waals surface area (Å²) < 4.78 is 1.86. The molecule has 19 heavy (non-hydrogen) atoms. The number of aryl methyl sites for hydroxylation is 2. The van der Waals surface area contributed by atoms with Gasteiger partial charge in [0, 0.05) is 5.56 Å². The molecule has 2 rings (SSSR count). The Labute approximate surface area is 120 Å². The predicted molar refractivity (Wildman–Crippen MR) is 80.0 cm³/mol. The maximum Gasteiger partial charge on any atom is 0.158 e. The van der Waals surface area contributed by atoms with Crippen LogP contribution in [0.4, 0.5) is 0 Å². The Balaban J connectivity index is 2.66. The minimum Gasteiger partial charge on any atom is -0.219 e. The molecule has 2 aromatic heterocycles. The van der Waals surface area contributed by atoms with Crippen LogP contribution in [0, 0.1) is 0 Å². The van der Waals surface area contributed by atoms with E-state index in [4.69, 9.17) is 16.7 Å². The van der Waals surface area contributed by atoms with Crippen LogP contribution < -0.4 is 0 Å². The number of hydrogen-bond donors (Lipinski definition) is 0. The number of imidazole rings is 1. The lowest BCUT2D eigenvalue weighted by Crippen LogP contribution is -2.09. The van der Waals surface area contributed by atoms with Gasteiger partial charge in [0.05, 0.1) is 11.9 Å². The molecule has 4 heteroatoms. The highest BCUT2D eigenvalue weighted by Crippen LogP contribution is 2.23. The van der Waals surface area contributed by atoms with Crippen molar-refractivity contribution in [2.75, 3.05) is 0 Å². The molecule has 0 aliphatic rings. The van der Waals surface area contributed by atoms with Crippen molar-refractivity contribution in [1.82, 2.24) is 14.6 Å². The van der Waals surface area contributed by atoms with E-state index >= 15 is 0 Å². The van der Waals surface area contributed by atoms with Crippen molar-refractivity contribution in [3.63, 3.8) is 0 Å². The molecular formula is C15H22ClN3. The molecule has 0 aliphatic carbocycles. The lowest BCUT2D eigenvalue weighted by Gasteiger charge is -2.14. The maximum atomic E-state index is 6.04. The van der Waals surface area contributed by atoms with Crippen molar-refractivity contribution >= 4 is 17.2 Å². The van der Waals surface area contributed by atoms with Gasteiger partial charge in [-0.15, -0.1) is 0 Å². The molecule has 0 amide bonds. The number of fused-ring (bicyclic) bond motifs is 1. The zero-order chi connectivity index (χ0) is 13.8. The SMILES string of the molecule is CCCc1nn2cc(Cl)nc2c(CCC)c1CCC. The monoisotopic (exact) mass is 279 g/mol.